The van der Waals surface area contributed by atoms with Gasteiger partial charge in [0.1, 0.15) is 6.29 Å². The second kappa shape index (κ2) is 11.3. The van der Waals surface area contributed by atoms with Gasteiger partial charge in [0.05, 0.1) is 12.4 Å². The van der Waals surface area contributed by atoms with Crippen molar-refractivity contribution < 1.29 is 9.59 Å². The number of H-pyrrole nitrogens is 1. The largest absolute Gasteiger partial charge is 0.385 e. The fraction of sp³-hybridized carbons (Fsp3) is 0.560. The van der Waals surface area contributed by atoms with E-state index in [4.69, 9.17) is 0 Å². The van der Waals surface area contributed by atoms with E-state index in [2.05, 4.69) is 25.5 Å². The molecule has 1 aliphatic carbocycles. The van der Waals surface area contributed by atoms with Crippen molar-refractivity contribution in [2.45, 2.75) is 57.0 Å². The van der Waals surface area contributed by atoms with Crippen LogP contribution in [-0.4, -0.2) is 58.8 Å². The number of aromatic nitrogens is 2. The van der Waals surface area contributed by atoms with Gasteiger partial charge in [0.25, 0.3) is 0 Å². The van der Waals surface area contributed by atoms with E-state index in [-0.39, 0.29) is 18.0 Å². The number of para-hydroxylation sites is 1. The van der Waals surface area contributed by atoms with Crippen molar-refractivity contribution in [1.82, 2.24) is 20.2 Å². The average Bonchev–Trinajstić information content (AvgIpc) is 3.35. The molecule has 4 atom stereocenters. The van der Waals surface area contributed by atoms with E-state index in [1.165, 1.54) is 25.7 Å². The third-order valence-corrected chi connectivity index (χ3v) is 7.05. The monoisotopic (exact) mass is 437 g/mol. The molecule has 0 spiro atoms. The number of hydrogen-bond donors (Lipinski definition) is 3. The highest BCUT2D eigenvalue weighted by Gasteiger charge is 2.38. The van der Waals surface area contributed by atoms with Crippen LogP contribution in [0.1, 0.15) is 44.2 Å². The molecular formula is C25H35N5O2. The smallest absolute Gasteiger partial charge is 0.224 e. The number of likely N-dealkylation sites (tertiary alicyclic amines) is 1. The number of fused-ring (bicyclic) bond motifs is 1. The number of carbonyl (C=O) groups excluding carboxylic acids is 2. The maximum absolute atomic E-state index is 13.2. The third-order valence-electron chi connectivity index (χ3n) is 7.05. The zero-order valence-electron chi connectivity index (χ0n) is 18.7. The number of imidazole rings is 1. The Hall–Kier alpha value is -2.67. The summed E-state index contributed by atoms with van der Waals surface area (Å²) in [6.07, 6.45) is 11.5. The summed E-state index contributed by atoms with van der Waals surface area (Å²) in [5.41, 5.74) is 1.97. The predicted molar refractivity (Wildman–Crippen MR) is 125 cm³/mol. The summed E-state index contributed by atoms with van der Waals surface area (Å²) >= 11 is 0. The minimum absolute atomic E-state index is 0.141. The maximum Gasteiger partial charge on any atom is 0.224 e. The summed E-state index contributed by atoms with van der Waals surface area (Å²) in [5, 5.41) is 6.77. The number of aromatic amines is 1. The van der Waals surface area contributed by atoms with Gasteiger partial charge < -0.3 is 25.3 Å². The van der Waals surface area contributed by atoms with Crippen LogP contribution in [0.25, 0.3) is 0 Å². The molecule has 0 unspecified atom stereocenters. The topological polar surface area (TPSA) is 90.1 Å². The van der Waals surface area contributed by atoms with Crippen LogP contribution in [0.2, 0.25) is 0 Å². The average molecular weight is 438 g/mol. The lowest BCUT2D eigenvalue weighted by molar-refractivity contribution is -0.137. The lowest BCUT2D eigenvalue weighted by Crippen LogP contribution is -2.55. The molecule has 7 heteroatoms. The minimum Gasteiger partial charge on any atom is -0.385 e. The number of hydrogen-bond acceptors (Lipinski definition) is 5. The van der Waals surface area contributed by atoms with Crippen LogP contribution in [-0.2, 0) is 16.0 Å². The van der Waals surface area contributed by atoms with Crippen LogP contribution in [0.4, 0.5) is 5.69 Å². The van der Waals surface area contributed by atoms with Gasteiger partial charge in [0, 0.05) is 56.1 Å². The molecule has 2 heterocycles. The van der Waals surface area contributed by atoms with Gasteiger partial charge in [0.15, 0.2) is 0 Å². The van der Waals surface area contributed by atoms with Crippen LogP contribution < -0.4 is 10.6 Å². The van der Waals surface area contributed by atoms with E-state index in [1.807, 2.05) is 30.3 Å². The Morgan fingerprint density at radius 3 is 2.78 bits per heavy atom. The molecule has 3 N–H and O–H groups in total. The van der Waals surface area contributed by atoms with E-state index >= 15 is 0 Å². The molecular weight excluding hydrogens is 402 g/mol. The molecule has 2 fully saturated rings. The molecule has 1 aromatic carbocycles. The van der Waals surface area contributed by atoms with E-state index in [0.717, 1.165) is 30.6 Å². The van der Waals surface area contributed by atoms with Crippen molar-refractivity contribution in [3.63, 3.8) is 0 Å². The van der Waals surface area contributed by atoms with Gasteiger partial charge in [-0.25, -0.2) is 4.98 Å². The molecule has 1 amide bonds. The Balaban J connectivity index is 1.35. The van der Waals surface area contributed by atoms with Gasteiger partial charge >= 0.3 is 0 Å². The molecule has 2 aromatic rings. The Labute approximate surface area is 190 Å². The molecule has 4 rings (SSSR count). The summed E-state index contributed by atoms with van der Waals surface area (Å²) in [4.78, 5) is 34.0. The minimum atomic E-state index is -0.281. The summed E-state index contributed by atoms with van der Waals surface area (Å²) in [5.74, 6) is 1.53. The van der Waals surface area contributed by atoms with Gasteiger partial charge in [-0.15, -0.1) is 0 Å². The van der Waals surface area contributed by atoms with Crippen molar-refractivity contribution in [2.75, 3.05) is 25.0 Å². The molecule has 172 valence electrons. The highest BCUT2D eigenvalue weighted by atomic mass is 16.2. The van der Waals surface area contributed by atoms with Crippen molar-refractivity contribution in [1.29, 1.82) is 0 Å². The van der Waals surface area contributed by atoms with Crippen LogP contribution in [0, 0.1) is 11.8 Å². The number of nitrogens with zero attached hydrogens (tertiary/aromatic N) is 2. The second-order valence-corrected chi connectivity index (χ2v) is 9.21. The van der Waals surface area contributed by atoms with Crippen molar-refractivity contribution in [2.24, 2.45) is 11.8 Å². The number of anilines is 1. The van der Waals surface area contributed by atoms with Gasteiger partial charge in [-0.3, -0.25) is 4.79 Å². The standard InChI is InChI=1S/C25H35N5O2/c31-17-23(13-22-14-26-18-29-22)28-15-24-12-19-6-4-5-7-20(19)16-30(24)25(32)10-11-27-21-8-2-1-3-9-21/h1-3,8-9,14,17-20,23-24,27-28H,4-7,10-13,15-16H2,(H,26,29)/t19-,20-,23-,24+/m0/s1. The zero-order valence-corrected chi connectivity index (χ0v) is 18.7. The molecule has 1 aliphatic heterocycles. The first-order chi connectivity index (χ1) is 15.7. The van der Waals surface area contributed by atoms with E-state index in [1.54, 1.807) is 12.5 Å². The third kappa shape index (κ3) is 5.97. The number of piperidine rings is 1. The normalized spacial score (nSPS) is 23.9. The number of carbonyl (C=O) groups is 2. The van der Waals surface area contributed by atoms with Crippen molar-refractivity contribution in [3.8, 4) is 0 Å². The lowest BCUT2D eigenvalue weighted by atomic mass is 9.73. The molecule has 32 heavy (non-hydrogen) atoms. The Morgan fingerprint density at radius 2 is 2.03 bits per heavy atom. The maximum atomic E-state index is 13.2. The van der Waals surface area contributed by atoms with Crippen molar-refractivity contribution >= 4 is 17.9 Å². The Bertz CT molecular complexity index is 841. The van der Waals surface area contributed by atoms with Gasteiger partial charge in [-0.1, -0.05) is 37.5 Å². The highest BCUT2D eigenvalue weighted by molar-refractivity contribution is 5.77. The molecule has 1 aromatic heterocycles. The lowest BCUT2D eigenvalue weighted by Gasteiger charge is -2.46. The first kappa shape index (κ1) is 22.5. The van der Waals surface area contributed by atoms with Crippen LogP contribution >= 0.6 is 0 Å². The predicted octanol–water partition coefficient (Wildman–Crippen LogP) is 3.02. The highest BCUT2D eigenvalue weighted by Crippen LogP contribution is 2.38. The quantitative estimate of drug-likeness (QED) is 0.497. The SMILES string of the molecule is O=C[C@H](Cc1cnc[nH]1)NC[C@H]1C[C@@H]2CCCC[C@H]2CN1C(=O)CCNc1ccccc1. The summed E-state index contributed by atoms with van der Waals surface area (Å²) < 4.78 is 0. The van der Waals surface area contributed by atoms with E-state index < -0.39 is 0 Å². The molecule has 7 nitrogen and oxygen atoms in total. The van der Waals surface area contributed by atoms with Gasteiger partial charge in [-0.05, 0) is 36.8 Å². The molecule has 1 saturated carbocycles. The number of aldehydes is 1. The summed E-state index contributed by atoms with van der Waals surface area (Å²) in [7, 11) is 0. The molecule has 1 saturated heterocycles. The first-order valence-corrected chi connectivity index (χ1v) is 12.0. The molecule has 0 radical (unpaired) electrons. The second-order valence-electron chi connectivity index (χ2n) is 9.21. The number of nitrogens with one attached hydrogen (secondary N) is 3. The molecule has 2 aliphatic rings. The first-order valence-electron chi connectivity index (χ1n) is 12.0. The van der Waals surface area contributed by atoms with Crippen molar-refractivity contribution in [3.05, 3.63) is 48.5 Å². The van der Waals surface area contributed by atoms with E-state index in [0.29, 0.717) is 37.8 Å². The fourth-order valence-corrected chi connectivity index (χ4v) is 5.31. The Morgan fingerprint density at radius 1 is 1.22 bits per heavy atom. The van der Waals surface area contributed by atoms with Crippen LogP contribution in [0.15, 0.2) is 42.9 Å². The number of benzene rings is 1. The van der Waals surface area contributed by atoms with Crippen LogP contribution in [0.5, 0.6) is 0 Å². The van der Waals surface area contributed by atoms with Gasteiger partial charge in [-0.2, -0.15) is 0 Å². The number of rotatable bonds is 10. The zero-order chi connectivity index (χ0) is 22.2. The summed E-state index contributed by atoms with van der Waals surface area (Å²) in [6.45, 7) is 2.14. The van der Waals surface area contributed by atoms with E-state index in [9.17, 15) is 9.59 Å². The molecule has 0 bridgehead atoms. The Kier molecular flexibility index (Phi) is 7.93. The summed E-state index contributed by atoms with van der Waals surface area (Å²) in [6, 6.07) is 9.87. The van der Waals surface area contributed by atoms with Crippen LogP contribution in [0.3, 0.4) is 0 Å². The fourth-order valence-electron chi connectivity index (χ4n) is 5.31. The van der Waals surface area contributed by atoms with Gasteiger partial charge in [0.2, 0.25) is 5.91 Å². The number of amides is 1.